The van der Waals surface area contributed by atoms with Crippen LogP contribution < -0.4 is 5.32 Å². The van der Waals surface area contributed by atoms with Gasteiger partial charge in [-0.1, -0.05) is 6.07 Å². The zero-order chi connectivity index (χ0) is 10.4. The number of nitrogens with zero attached hydrogens (tertiary/aromatic N) is 2. The van der Waals surface area contributed by atoms with Gasteiger partial charge in [0.15, 0.2) is 0 Å². The summed E-state index contributed by atoms with van der Waals surface area (Å²) < 4.78 is 0. The van der Waals surface area contributed by atoms with Crippen LogP contribution in [0, 0.1) is 18.3 Å². The molecule has 4 heteroatoms. The number of aryl methyl sites for hydroxylation is 1. The van der Waals surface area contributed by atoms with Crippen LogP contribution >= 0.6 is 0 Å². The van der Waals surface area contributed by atoms with Crippen LogP contribution in [0.3, 0.4) is 0 Å². The standard InChI is InChI=1S/C10H11N3O/c1-8-9(3-2-6-12-8)7-13-10(14)4-5-11/h2-3,6H,4,7H2,1H3,(H,13,14). The number of nitrogens with one attached hydrogen (secondary N) is 1. The Morgan fingerprint density at radius 3 is 3.14 bits per heavy atom. The molecule has 0 aromatic carbocycles. The minimum absolute atomic E-state index is 0.0979. The predicted molar refractivity (Wildman–Crippen MR) is 51.1 cm³/mol. The summed E-state index contributed by atoms with van der Waals surface area (Å²) in [5.41, 5.74) is 1.86. The Morgan fingerprint density at radius 2 is 2.50 bits per heavy atom. The summed E-state index contributed by atoms with van der Waals surface area (Å²) in [6, 6.07) is 5.51. The molecule has 1 aromatic rings. The van der Waals surface area contributed by atoms with Crippen molar-refractivity contribution in [2.24, 2.45) is 0 Å². The van der Waals surface area contributed by atoms with Crippen LogP contribution in [0.4, 0.5) is 0 Å². The van der Waals surface area contributed by atoms with Crippen molar-refractivity contribution in [1.82, 2.24) is 10.3 Å². The van der Waals surface area contributed by atoms with Gasteiger partial charge in [0.1, 0.15) is 6.42 Å². The molecular weight excluding hydrogens is 178 g/mol. The number of carbonyl (C=O) groups is 1. The molecule has 1 heterocycles. The van der Waals surface area contributed by atoms with Crippen molar-refractivity contribution in [2.75, 3.05) is 0 Å². The Kier molecular flexibility index (Phi) is 3.62. The molecule has 4 nitrogen and oxygen atoms in total. The summed E-state index contributed by atoms with van der Waals surface area (Å²) in [5, 5.41) is 10.9. The average molecular weight is 189 g/mol. The Labute approximate surface area is 82.6 Å². The number of amides is 1. The van der Waals surface area contributed by atoms with Gasteiger partial charge in [-0.3, -0.25) is 9.78 Å². The second-order valence-electron chi connectivity index (χ2n) is 2.86. The molecular formula is C10H11N3O. The number of aromatic nitrogens is 1. The van der Waals surface area contributed by atoms with Gasteiger partial charge in [0, 0.05) is 18.4 Å². The maximum absolute atomic E-state index is 11.0. The van der Waals surface area contributed by atoms with Gasteiger partial charge in [0.05, 0.1) is 6.07 Å². The van der Waals surface area contributed by atoms with Crippen molar-refractivity contribution in [1.29, 1.82) is 5.26 Å². The first-order valence-corrected chi connectivity index (χ1v) is 4.28. The van der Waals surface area contributed by atoms with E-state index in [2.05, 4.69) is 10.3 Å². The number of pyridine rings is 1. The van der Waals surface area contributed by atoms with Crippen molar-refractivity contribution in [3.63, 3.8) is 0 Å². The van der Waals surface area contributed by atoms with Crippen molar-refractivity contribution < 1.29 is 4.79 Å². The highest BCUT2D eigenvalue weighted by Crippen LogP contribution is 2.02. The highest BCUT2D eigenvalue weighted by Gasteiger charge is 2.01. The summed E-state index contributed by atoms with van der Waals surface area (Å²) in [4.78, 5) is 15.1. The molecule has 0 aliphatic carbocycles. The Balaban J connectivity index is 2.51. The SMILES string of the molecule is Cc1ncccc1CNC(=O)CC#N. The molecule has 0 fully saturated rings. The molecule has 0 saturated heterocycles. The molecule has 72 valence electrons. The van der Waals surface area contributed by atoms with Crippen LogP contribution in [0.1, 0.15) is 17.7 Å². The third-order valence-electron chi connectivity index (χ3n) is 1.83. The molecule has 0 bridgehead atoms. The maximum atomic E-state index is 11.0. The fraction of sp³-hybridized carbons (Fsp3) is 0.300. The molecule has 1 N–H and O–H groups in total. The van der Waals surface area contributed by atoms with E-state index in [0.29, 0.717) is 6.54 Å². The van der Waals surface area contributed by atoms with E-state index in [4.69, 9.17) is 5.26 Å². The largest absolute Gasteiger partial charge is 0.351 e. The molecule has 0 aliphatic rings. The Morgan fingerprint density at radius 1 is 1.71 bits per heavy atom. The topological polar surface area (TPSA) is 65.8 Å². The predicted octanol–water partition coefficient (Wildman–Crippen LogP) is 0.920. The highest BCUT2D eigenvalue weighted by atomic mass is 16.1. The molecule has 1 rings (SSSR count). The van der Waals surface area contributed by atoms with Crippen molar-refractivity contribution >= 4 is 5.91 Å². The molecule has 0 unspecified atom stereocenters. The number of rotatable bonds is 3. The lowest BCUT2D eigenvalue weighted by atomic mass is 10.2. The van der Waals surface area contributed by atoms with Gasteiger partial charge in [-0.2, -0.15) is 5.26 Å². The van der Waals surface area contributed by atoms with E-state index in [-0.39, 0.29) is 12.3 Å². The zero-order valence-electron chi connectivity index (χ0n) is 7.95. The maximum Gasteiger partial charge on any atom is 0.234 e. The molecule has 1 aromatic heterocycles. The summed E-state index contributed by atoms with van der Waals surface area (Å²) >= 11 is 0. The van der Waals surface area contributed by atoms with E-state index < -0.39 is 0 Å². The fourth-order valence-electron chi connectivity index (χ4n) is 1.03. The minimum atomic E-state index is -0.254. The molecule has 14 heavy (non-hydrogen) atoms. The van der Waals surface area contributed by atoms with E-state index in [0.717, 1.165) is 11.3 Å². The highest BCUT2D eigenvalue weighted by molar-refractivity contribution is 5.77. The van der Waals surface area contributed by atoms with Crippen LogP contribution in [-0.4, -0.2) is 10.9 Å². The smallest absolute Gasteiger partial charge is 0.234 e. The molecule has 0 spiro atoms. The lowest BCUT2D eigenvalue weighted by Gasteiger charge is -2.04. The van der Waals surface area contributed by atoms with Crippen LogP contribution in [0.2, 0.25) is 0 Å². The molecule has 0 radical (unpaired) electrons. The van der Waals surface area contributed by atoms with Crippen LogP contribution in [0.15, 0.2) is 18.3 Å². The minimum Gasteiger partial charge on any atom is -0.351 e. The van der Waals surface area contributed by atoms with E-state index in [9.17, 15) is 4.79 Å². The van der Waals surface area contributed by atoms with Gasteiger partial charge < -0.3 is 5.32 Å². The molecule has 0 atom stereocenters. The van der Waals surface area contributed by atoms with Crippen LogP contribution in [0.25, 0.3) is 0 Å². The quantitative estimate of drug-likeness (QED) is 0.768. The average Bonchev–Trinajstić information content (AvgIpc) is 2.17. The third-order valence-corrected chi connectivity index (χ3v) is 1.83. The van der Waals surface area contributed by atoms with Crippen LogP contribution in [0.5, 0.6) is 0 Å². The normalized spacial score (nSPS) is 9.14. The van der Waals surface area contributed by atoms with Gasteiger partial charge in [-0.15, -0.1) is 0 Å². The first kappa shape index (κ1) is 10.2. The third kappa shape index (κ3) is 2.87. The first-order chi connectivity index (χ1) is 6.74. The summed E-state index contributed by atoms with van der Waals surface area (Å²) in [7, 11) is 0. The van der Waals surface area contributed by atoms with E-state index >= 15 is 0 Å². The van der Waals surface area contributed by atoms with Crippen molar-refractivity contribution in [3.8, 4) is 6.07 Å². The Bertz CT molecular complexity index is 368. The van der Waals surface area contributed by atoms with Gasteiger partial charge >= 0.3 is 0 Å². The molecule has 0 saturated carbocycles. The second-order valence-corrected chi connectivity index (χ2v) is 2.86. The Hall–Kier alpha value is -1.89. The monoisotopic (exact) mass is 189 g/mol. The molecule has 0 aliphatic heterocycles. The van der Waals surface area contributed by atoms with Gasteiger partial charge in [-0.05, 0) is 18.6 Å². The molecule has 1 amide bonds. The van der Waals surface area contributed by atoms with Gasteiger partial charge in [0.25, 0.3) is 0 Å². The lowest BCUT2D eigenvalue weighted by Crippen LogP contribution is -2.22. The van der Waals surface area contributed by atoms with E-state index in [1.54, 1.807) is 12.3 Å². The van der Waals surface area contributed by atoms with Crippen molar-refractivity contribution in [3.05, 3.63) is 29.6 Å². The number of hydrogen-bond acceptors (Lipinski definition) is 3. The van der Waals surface area contributed by atoms with E-state index in [1.807, 2.05) is 19.1 Å². The summed E-state index contributed by atoms with van der Waals surface area (Å²) in [5.74, 6) is -0.254. The van der Waals surface area contributed by atoms with Gasteiger partial charge in [-0.25, -0.2) is 0 Å². The van der Waals surface area contributed by atoms with Crippen molar-refractivity contribution in [2.45, 2.75) is 19.9 Å². The lowest BCUT2D eigenvalue weighted by molar-refractivity contribution is -0.120. The number of nitriles is 1. The number of carbonyl (C=O) groups excluding carboxylic acids is 1. The number of hydrogen-bond donors (Lipinski definition) is 1. The summed E-state index contributed by atoms with van der Waals surface area (Å²) in [6.07, 6.45) is 1.61. The van der Waals surface area contributed by atoms with Gasteiger partial charge in [0.2, 0.25) is 5.91 Å². The zero-order valence-corrected chi connectivity index (χ0v) is 7.95. The van der Waals surface area contributed by atoms with Crippen LogP contribution in [-0.2, 0) is 11.3 Å². The first-order valence-electron chi connectivity index (χ1n) is 4.28. The fourth-order valence-corrected chi connectivity index (χ4v) is 1.03. The summed E-state index contributed by atoms with van der Waals surface area (Å²) in [6.45, 7) is 2.31. The van der Waals surface area contributed by atoms with E-state index in [1.165, 1.54) is 0 Å². The second kappa shape index (κ2) is 4.97.